The highest BCUT2D eigenvalue weighted by Crippen LogP contribution is 2.17. The molecule has 6 heteroatoms. The molecule has 0 bridgehead atoms. The maximum absolute atomic E-state index is 12.0. The minimum atomic E-state index is -0.175. The second-order valence-electron chi connectivity index (χ2n) is 4.22. The summed E-state index contributed by atoms with van der Waals surface area (Å²) in [6.45, 7) is 4.28. The Kier molecular flexibility index (Phi) is 3.92. The van der Waals surface area contributed by atoms with Crippen LogP contribution in [0.15, 0.2) is 32.1 Å². The van der Waals surface area contributed by atoms with Crippen molar-refractivity contribution in [2.24, 2.45) is 0 Å². The minimum absolute atomic E-state index is 0.106. The van der Waals surface area contributed by atoms with E-state index in [1.807, 2.05) is 19.9 Å². The summed E-state index contributed by atoms with van der Waals surface area (Å²) >= 11 is 9.05. The number of nitrogens with zero attached hydrogens (tertiary/aromatic N) is 2. The van der Waals surface area contributed by atoms with Gasteiger partial charge in [-0.25, -0.2) is 4.98 Å². The van der Waals surface area contributed by atoms with Crippen LogP contribution in [0, 0.1) is 0 Å². The zero-order valence-electron chi connectivity index (χ0n) is 9.98. The molecular weight excluding hydrogens is 320 g/mol. The van der Waals surface area contributed by atoms with E-state index in [2.05, 4.69) is 20.9 Å². The summed E-state index contributed by atoms with van der Waals surface area (Å²) in [4.78, 5) is 16.2. The lowest BCUT2D eigenvalue weighted by molar-refractivity contribution is 0.461. The molecule has 0 atom stereocenters. The molecule has 0 saturated heterocycles. The normalized spacial score (nSPS) is 11.2. The van der Waals surface area contributed by atoms with Crippen LogP contribution in [0.1, 0.15) is 31.4 Å². The number of halogens is 2. The highest BCUT2D eigenvalue weighted by atomic mass is 79.9. The van der Waals surface area contributed by atoms with Crippen molar-refractivity contribution in [3.8, 4) is 0 Å². The van der Waals surface area contributed by atoms with Crippen molar-refractivity contribution in [3.63, 3.8) is 0 Å². The Morgan fingerprint density at radius 3 is 2.78 bits per heavy atom. The molecule has 96 valence electrons. The summed E-state index contributed by atoms with van der Waals surface area (Å²) in [5.74, 6) is 1.45. The van der Waals surface area contributed by atoms with Gasteiger partial charge in [0.25, 0.3) is 5.56 Å². The van der Waals surface area contributed by atoms with E-state index in [1.165, 1.54) is 6.07 Å². The zero-order chi connectivity index (χ0) is 13.3. The van der Waals surface area contributed by atoms with E-state index in [9.17, 15) is 4.79 Å². The first kappa shape index (κ1) is 13.4. The van der Waals surface area contributed by atoms with Crippen LogP contribution in [-0.4, -0.2) is 9.55 Å². The summed E-state index contributed by atoms with van der Waals surface area (Å²) in [5.41, 5.74) is -0.175. The smallest absolute Gasteiger partial charge is 0.255 e. The molecular formula is C12H12BrClN2O2. The average Bonchev–Trinajstić information content (AvgIpc) is 2.67. The highest BCUT2D eigenvalue weighted by molar-refractivity contribution is 9.10. The topological polar surface area (TPSA) is 48.0 Å². The van der Waals surface area contributed by atoms with Gasteiger partial charge in [0, 0.05) is 12.0 Å². The Morgan fingerprint density at radius 2 is 2.22 bits per heavy atom. The van der Waals surface area contributed by atoms with Gasteiger partial charge in [0.1, 0.15) is 16.7 Å². The molecule has 4 nitrogen and oxygen atoms in total. The lowest BCUT2D eigenvalue weighted by Crippen LogP contribution is -2.25. The van der Waals surface area contributed by atoms with E-state index in [0.29, 0.717) is 22.8 Å². The first-order valence-corrected chi connectivity index (χ1v) is 6.66. The Labute approximate surface area is 118 Å². The molecule has 2 aromatic heterocycles. The van der Waals surface area contributed by atoms with E-state index in [-0.39, 0.29) is 16.6 Å². The molecule has 2 rings (SSSR count). The summed E-state index contributed by atoms with van der Waals surface area (Å²) in [6.07, 6.45) is 0. The van der Waals surface area contributed by atoms with Crippen LogP contribution in [0.5, 0.6) is 0 Å². The summed E-state index contributed by atoms with van der Waals surface area (Å²) in [5, 5.41) is 0.223. The SMILES string of the molecule is CC(C)c1nc(Cl)cc(=O)n1Cc1ccc(Br)o1. The molecule has 0 aromatic carbocycles. The van der Waals surface area contributed by atoms with Crippen LogP contribution in [-0.2, 0) is 6.54 Å². The second-order valence-corrected chi connectivity index (χ2v) is 5.39. The summed E-state index contributed by atoms with van der Waals surface area (Å²) in [7, 11) is 0. The van der Waals surface area contributed by atoms with Gasteiger partial charge < -0.3 is 4.42 Å². The summed E-state index contributed by atoms with van der Waals surface area (Å²) < 4.78 is 7.61. The molecule has 0 spiro atoms. The average molecular weight is 332 g/mol. The van der Waals surface area contributed by atoms with Crippen LogP contribution >= 0.6 is 27.5 Å². The van der Waals surface area contributed by atoms with Crippen molar-refractivity contribution in [3.05, 3.63) is 50.0 Å². The number of rotatable bonds is 3. The first-order chi connectivity index (χ1) is 8.47. The molecule has 0 radical (unpaired) electrons. The molecule has 2 aromatic rings. The van der Waals surface area contributed by atoms with Crippen molar-refractivity contribution in [1.29, 1.82) is 0 Å². The molecule has 0 unspecified atom stereocenters. The van der Waals surface area contributed by atoms with Crippen LogP contribution in [0.3, 0.4) is 0 Å². The van der Waals surface area contributed by atoms with Crippen molar-refractivity contribution >= 4 is 27.5 Å². The van der Waals surface area contributed by atoms with Crippen LogP contribution in [0.2, 0.25) is 5.15 Å². The van der Waals surface area contributed by atoms with Crippen LogP contribution < -0.4 is 5.56 Å². The Bertz CT molecular complexity index is 619. The lowest BCUT2D eigenvalue weighted by Gasteiger charge is -2.13. The number of furan rings is 1. The van der Waals surface area contributed by atoms with E-state index < -0.39 is 0 Å². The van der Waals surface area contributed by atoms with Crippen molar-refractivity contribution < 1.29 is 4.42 Å². The van der Waals surface area contributed by atoms with Gasteiger partial charge in [0.15, 0.2) is 4.67 Å². The standard InChI is InChI=1S/C12H12BrClN2O2/c1-7(2)12-15-10(14)5-11(17)16(12)6-8-3-4-9(13)18-8/h3-5,7H,6H2,1-2H3. The number of aromatic nitrogens is 2. The molecule has 0 amide bonds. The van der Waals surface area contributed by atoms with Gasteiger partial charge in [-0.05, 0) is 28.1 Å². The van der Waals surface area contributed by atoms with Gasteiger partial charge in [-0.2, -0.15) is 0 Å². The zero-order valence-corrected chi connectivity index (χ0v) is 12.3. The maximum Gasteiger partial charge on any atom is 0.255 e. The third-order valence-electron chi connectivity index (χ3n) is 2.47. The van der Waals surface area contributed by atoms with Gasteiger partial charge >= 0.3 is 0 Å². The Hall–Kier alpha value is -1.07. The third-order valence-corrected chi connectivity index (χ3v) is 3.09. The number of hydrogen-bond acceptors (Lipinski definition) is 3. The lowest BCUT2D eigenvalue weighted by atomic mass is 10.2. The molecule has 0 fully saturated rings. The maximum atomic E-state index is 12.0. The molecule has 0 aliphatic heterocycles. The fourth-order valence-corrected chi connectivity index (χ4v) is 2.21. The first-order valence-electron chi connectivity index (χ1n) is 5.49. The molecule has 0 aliphatic rings. The monoisotopic (exact) mass is 330 g/mol. The predicted molar refractivity (Wildman–Crippen MR) is 73.1 cm³/mol. The van der Waals surface area contributed by atoms with E-state index in [4.69, 9.17) is 16.0 Å². The fourth-order valence-electron chi connectivity index (χ4n) is 1.69. The van der Waals surface area contributed by atoms with Gasteiger partial charge in [0.2, 0.25) is 0 Å². The largest absolute Gasteiger partial charge is 0.452 e. The molecule has 2 heterocycles. The predicted octanol–water partition coefficient (Wildman–Crippen LogP) is 3.42. The Balaban J connectivity index is 2.46. The molecule has 0 N–H and O–H groups in total. The van der Waals surface area contributed by atoms with E-state index in [0.717, 1.165) is 0 Å². The van der Waals surface area contributed by atoms with Gasteiger partial charge in [-0.3, -0.25) is 9.36 Å². The third kappa shape index (κ3) is 2.84. The number of hydrogen-bond donors (Lipinski definition) is 0. The molecule has 0 saturated carbocycles. The van der Waals surface area contributed by atoms with E-state index >= 15 is 0 Å². The van der Waals surface area contributed by atoms with Crippen molar-refractivity contribution in [2.75, 3.05) is 0 Å². The van der Waals surface area contributed by atoms with Gasteiger partial charge in [-0.1, -0.05) is 25.4 Å². The molecule has 0 aliphatic carbocycles. The quantitative estimate of drug-likeness (QED) is 0.810. The summed E-state index contributed by atoms with van der Waals surface area (Å²) in [6, 6.07) is 4.92. The highest BCUT2D eigenvalue weighted by Gasteiger charge is 2.13. The van der Waals surface area contributed by atoms with Crippen molar-refractivity contribution in [1.82, 2.24) is 9.55 Å². The van der Waals surface area contributed by atoms with Crippen molar-refractivity contribution in [2.45, 2.75) is 26.3 Å². The van der Waals surface area contributed by atoms with Gasteiger partial charge in [0.05, 0.1) is 6.54 Å². The molecule has 18 heavy (non-hydrogen) atoms. The van der Waals surface area contributed by atoms with Crippen LogP contribution in [0.4, 0.5) is 0 Å². The fraction of sp³-hybridized carbons (Fsp3) is 0.333. The van der Waals surface area contributed by atoms with Crippen LogP contribution in [0.25, 0.3) is 0 Å². The minimum Gasteiger partial charge on any atom is -0.452 e. The second kappa shape index (κ2) is 5.28. The van der Waals surface area contributed by atoms with E-state index in [1.54, 1.807) is 10.6 Å². The van der Waals surface area contributed by atoms with Gasteiger partial charge in [-0.15, -0.1) is 0 Å². The Morgan fingerprint density at radius 1 is 1.50 bits per heavy atom.